The second kappa shape index (κ2) is 8.15. The first-order valence-electron chi connectivity index (χ1n) is 11.6. The highest BCUT2D eigenvalue weighted by atomic mass is 32.2. The van der Waals surface area contributed by atoms with Crippen molar-refractivity contribution in [3.8, 4) is 0 Å². The molecule has 182 valence electrons. The molecule has 4 rings (SSSR count). The van der Waals surface area contributed by atoms with Gasteiger partial charge in [0.05, 0.1) is 11.9 Å². The van der Waals surface area contributed by atoms with Crippen molar-refractivity contribution in [3.05, 3.63) is 83.2 Å². The van der Waals surface area contributed by atoms with Crippen LogP contribution in [0.15, 0.2) is 60.8 Å². The Labute approximate surface area is 204 Å². The smallest absolute Gasteiger partial charge is 0.308 e. The third-order valence-electron chi connectivity index (χ3n) is 7.75. The van der Waals surface area contributed by atoms with Crippen molar-refractivity contribution in [2.24, 2.45) is 0 Å². The minimum Gasteiger partial charge on any atom is -0.379 e. The Kier molecular flexibility index (Phi) is 5.96. The van der Waals surface area contributed by atoms with Gasteiger partial charge in [0.2, 0.25) is 0 Å². The van der Waals surface area contributed by atoms with E-state index in [-0.39, 0.29) is 11.0 Å². The maximum absolute atomic E-state index is 13.7. The highest BCUT2D eigenvalue weighted by Crippen LogP contribution is 2.51. The van der Waals surface area contributed by atoms with Gasteiger partial charge in [-0.15, -0.1) is 0 Å². The topological polar surface area (TPSA) is 75.4 Å². The van der Waals surface area contributed by atoms with Crippen molar-refractivity contribution >= 4 is 23.7 Å². The van der Waals surface area contributed by atoms with Crippen molar-refractivity contribution in [1.82, 2.24) is 13.3 Å². The Bertz CT molecular complexity index is 1310. The number of benzene rings is 2. The standard InChI is InChI=1S/C26H35N3O3SSi/c1-25(2,3)34(6,7)24-27-18-23(29(24)33(31,32)28(4)5)26(30)17-21(19-13-9-8-10-14-19)20-15-11-12-16-22(20)26/h8-16,18,21,30H,17H2,1-7H3. The van der Waals surface area contributed by atoms with Gasteiger partial charge in [-0.05, 0) is 28.1 Å². The largest absolute Gasteiger partial charge is 0.379 e. The Morgan fingerprint density at radius 3 is 2.24 bits per heavy atom. The lowest BCUT2D eigenvalue weighted by Gasteiger charge is -2.37. The second-order valence-electron chi connectivity index (χ2n) is 11.0. The van der Waals surface area contributed by atoms with Crippen LogP contribution in [0.4, 0.5) is 0 Å². The summed E-state index contributed by atoms with van der Waals surface area (Å²) in [6, 6.07) is 17.9. The predicted octanol–water partition coefficient (Wildman–Crippen LogP) is 4.02. The fourth-order valence-electron chi connectivity index (χ4n) is 4.68. The van der Waals surface area contributed by atoms with E-state index >= 15 is 0 Å². The fraction of sp³-hybridized carbons (Fsp3) is 0.423. The average molecular weight is 498 g/mol. The lowest BCUT2D eigenvalue weighted by Crippen LogP contribution is -2.56. The zero-order valence-electron chi connectivity index (χ0n) is 21.1. The average Bonchev–Trinajstić information content (AvgIpc) is 3.36. The lowest BCUT2D eigenvalue weighted by molar-refractivity contribution is 0.0742. The quantitative estimate of drug-likeness (QED) is 0.540. The molecule has 0 bridgehead atoms. The van der Waals surface area contributed by atoms with E-state index in [4.69, 9.17) is 4.98 Å². The Morgan fingerprint density at radius 1 is 1.06 bits per heavy atom. The number of aromatic nitrogens is 2. The summed E-state index contributed by atoms with van der Waals surface area (Å²) in [6.45, 7) is 10.7. The summed E-state index contributed by atoms with van der Waals surface area (Å²) < 4.78 is 30.0. The van der Waals surface area contributed by atoms with Gasteiger partial charge in [0.15, 0.2) is 0 Å². The molecule has 1 N–H and O–H groups in total. The van der Waals surface area contributed by atoms with Crippen molar-refractivity contribution < 1.29 is 13.5 Å². The molecule has 0 radical (unpaired) electrons. The maximum atomic E-state index is 13.7. The summed E-state index contributed by atoms with van der Waals surface area (Å²) in [5, 5.41) is 12.2. The molecule has 1 aliphatic rings. The van der Waals surface area contributed by atoms with Gasteiger partial charge >= 0.3 is 10.2 Å². The predicted molar refractivity (Wildman–Crippen MR) is 139 cm³/mol. The minimum atomic E-state index is -3.94. The van der Waals surface area contributed by atoms with E-state index < -0.39 is 23.9 Å². The molecule has 6 nitrogen and oxygen atoms in total. The van der Waals surface area contributed by atoms with Crippen LogP contribution in [0.5, 0.6) is 0 Å². The maximum Gasteiger partial charge on any atom is 0.308 e. The van der Waals surface area contributed by atoms with E-state index in [2.05, 4.69) is 46.0 Å². The van der Waals surface area contributed by atoms with E-state index in [0.29, 0.717) is 17.6 Å². The van der Waals surface area contributed by atoms with Crippen LogP contribution >= 0.6 is 0 Å². The van der Waals surface area contributed by atoms with Crippen molar-refractivity contribution in [1.29, 1.82) is 0 Å². The molecule has 0 amide bonds. The van der Waals surface area contributed by atoms with Crippen LogP contribution in [0, 0.1) is 0 Å². The fourth-order valence-corrected chi connectivity index (χ4v) is 8.44. The molecule has 0 spiro atoms. The third-order valence-corrected chi connectivity index (χ3v) is 14.9. The molecule has 2 aromatic carbocycles. The van der Waals surface area contributed by atoms with Crippen LogP contribution in [-0.4, -0.2) is 49.0 Å². The molecule has 3 aromatic rings. The summed E-state index contributed by atoms with van der Waals surface area (Å²) in [7, 11) is -3.27. The Morgan fingerprint density at radius 2 is 1.65 bits per heavy atom. The van der Waals surface area contributed by atoms with Crippen molar-refractivity contribution in [2.45, 2.75) is 56.8 Å². The monoisotopic (exact) mass is 497 g/mol. The summed E-state index contributed by atoms with van der Waals surface area (Å²) in [6.07, 6.45) is 1.93. The molecule has 8 heteroatoms. The van der Waals surface area contributed by atoms with Gasteiger partial charge in [0.25, 0.3) is 0 Å². The summed E-state index contributed by atoms with van der Waals surface area (Å²) in [4.78, 5) is 4.72. The molecular weight excluding hydrogens is 462 g/mol. The van der Waals surface area contributed by atoms with Gasteiger partial charge in [0, 0.05) is 20.0 Å². The molecule has 2 unspecified atom stereocenters. The van der Waals surface area contributed by atoms with Crippen LogP contribution in [0.1, 0.15) is 55.5 Å². The summed E-state index contributed by atoms with van der Waals surface area (Å²) in [5.41, 5.74) is 2.22. The molecule has 1 aliphatic carbocycles. The molecule has 1 heterocycles. The molecule has 1 aromatic heterocycles. The Hall–Kier alpha value is -2.26. The molecule has 0 saturated carbocycles. The highest BCUT2D eigenvalue weighted by Gasteiger charge is 2.50. The molecule has 0 aliphatic heterocycles. The van der Waals surface area contributed by atoms with Crippen molar-refractivity contribution in [3.63, 3.8) is 0 Å². The van der Waals surface area contributed by atoms with Crippen LogP contribution in [0.2, 0.25) is 18.1 Å². The van der Waals surface area contributed by atoms with Gasteiger partial charge in [-0.25, -0.2) is 8.96 Å². The normalized spacial score (nSPS) is 21.1. The van der Waals surface area contributed by atoms with Crippen LogP contribution in [-0.2, 0) is 15.8 Å². The number of fused-ring (bicyclic) bond motifs is 1. The van der Waals surface area contributed by atoms with Gasteiger partial charge in [-0.2, -0.15) is 12.7 Å². The van der Waals surface area contributed by atoms with Gasteiger partial charge in [-0.1, -0.05) is 88.5 Å². The Balaban J connectivity index is 2.00. The van der Waals surface area contributed by atoms with Crippen LogP contribution < -0.4 is 5.45 Å². The van der Waals surface area contributed by atoms with Gasteiger partial charge in [-0.3, -0.25) is 0 Å². The molecule has 0 saturated heterocycles. The van der Waals surface area contributed by atoms with E-state index in [1.54, 1.807) is 6.20 Å². The second-order valence-corrected chi connectivity index (χ2v) is 18.2. The number of hydrogen-bond acceptors (Lipinski definition) is 4. The summed E-state index contributed by atoms with van der Waals surface area (Å²) >= 11 is 0. The highest BCUT2D eigenvalue weighted by molar-refractivity contribution is 7.87. The number of imidazole rings is 1. The lowest BCUT2D eigenvalue weighted by atomic mass is 9.90. The van der Waals surface area contributed by atoms with Gasteiger partial charge < -0.3 is 5.11 Å². The first-order valence-corrected chi connectivity index (χ1v) is 16.0. The number of aliphatic hydroxyl groups is 1. The third kappa shape index (κ3) is 3.68. The van der Waals surface area contributed by atoms with Crippen LogP contribution in [0.25, 0.3) is 0 Å². The zero-order valence-corrected chi connectivity index (χ0v) is 22.9. The number of nitrogens with zero attached hydrogens (tertiary/aromatic N) is 3. The van der Waals surface area contributed by atoms with Crippen LogP contribution in [0.3, 0.4) is 0 Å². The van der Waals surface area contributed by atoms with E-state index in [0.717, 1.165) is 16.7 Å². The van der Waals surface area contributed by atoms with E-state index in [1.165, 1.54) is 22.4 Å². The van der Waals surface area contributed by atoms with Crippen molar-refractivity contribution in [2.75, 3.05) is 14.1 Å². The molecule has 2 atom stereocenters. The minimum absolute atomic E-state index is 0.0517. The van der Waals surface area contributed by atoms with E-state index in [1.807, 2.05) is 42.5 Å². The van der Waals surface area contributed by atoms with Gasteiger partial charge in [0.1, 0.15) is 19.1 Å². The SMILES string of the molecule is CN(C)S(=O)(=O)n1c(C2(O)CC(c3ccccc3)c3ccccc32)cnc1[Si](C)(C)C(C)(C)C. The first-order chi connectivity index (χ1) is 15.7. The summed E-state index contributed by atoms with van der Waals surface area (Å²) in [5.74, 6) is -0.0517. The van der Waals surface area contributed by atoms with E-state index in [9.17, 15) is 13.5 Å². The zero-order chi connectivity index (χ0) is 25.1. The molecular formula is C26H35N3O3SSi. The molecule has 34 heavy (non-hydrogen) atoms. The first kappa shape index (κ1) is 24.8. The molecule has 0 fully saturated rings. The number of hydrogen-bond donors (Lipinski definition) is 1. The number of rotatable bonds is 5.